The average molecular weight is 239 g/mol. The maximum absolute atomic E-state index is 5.92. The van der Waals surface area contributed by atoms with Crippen molar-refractivity contribution in [2.45, 2.75) is 25.8 Å². The van der Waals surface area contributed by atoms with Gasteiger partial charge in [-0.3, -0.25) is 4.90 Å². The van der Waals surface area contributed by atoms with Crippen LogP contribution in [0.5, 0.6) is 0 Å². The van der Waals surface area contributed by atoms with E-state index < -0.39 is 0 Å². The number of nitrogens with one attached hydrogen (secondary N) is 1. The summed E-state index contributed by atoms with van der Waals surface area (Å²) in [7, 11) is 0. The van der Waals surface area contributed by atoms with Crippen LogP contribution >= 0.6 is 11.6 Å². The highest BCUT2D eigenvalue weighted by Crippen LogP contribution is 2.17. The second-order valence-corrected chi connectivity index (χ2v) is 4.90. The first-order valence-electron chi connectivity index (χ1n) is 5.99. The maximum atomic E-state index is 5.92. The Hall–Kier alpha value is -0.730. The molecule has 1 heterocycles. The van der Waals surface area contributed by atoms with Crippen molar-refractivity contribution in [2.24, 2.45) is 0 Å². The summed E-state index contributed by atoms with van der Waals surface area (Å²) in [6.45, 7) is 5.67. The summed E-state index contributed by atoms with van der Waals surface area (Å²) < 4.78 is 0. The van der Waals surface area contributed by atoms with Gasteiger partial charge < -0.3 is 5.32 Å². The zero-order valence-electron chi connectivity index (χ0n) is 9.75. The van der Waals surface area contributed by atoms with E-state index in [1.165, 1.54) is 19.4 Å². The highest BCUT2D eigenvalue weighted by molar-refractivity contribution is 6.30. The molecule has 1 N–H and O–H groups in total. The van der Waals surface area contributed by atoms with E-state index in [1.54, 1.807) is 0 Å². The van der Waals surface area contributed by atoms with Crippen molar-refractivity contribution in [1.82, 2.24) is 4.90 Å². The molecule has 0 amide bonds. The standard InChI is InChI=1S/C13H19ClN2/c1-11-4-3-8-16(11)9-7-15-13-6-2-5-12(14)10-13/h2,5-6,10-11,15H,3-4,7-9H2,1H3. The normalized spacial score (nSPS) is 21.2. The Bertz CT molecular complexity index is 340. The summed E-state index contributed by atoms with van der Waals surface area (Å²) in [5, 5.41) is 4.20. The smallest absolute Gasteiger partial charge is 0.0426 e. The van der Waals surface area contributed by atoms with Gasteiger partial charge in [0.15, 0.2) is 0 Å². The van der Waals surface area contributed by atoms with Crippen LogP contribution in [0.15, 0.2) is 24.3 Å². The van der Waals surface area contributed by atoms with Gasteiger partial charge in [0.25, 0.3) is 0 Å². The van der Waals surface area contributed by atoms with E-state index in [-0.39, 0.29) is 0 Å². The van der Waals surface area contributed by atoms with Gasteiger partial charge in [0, 0.05) is 29.8 Å². The molecule has 1 unspecified atom stereocenters. The van der Waals surface area contributed by atoms with Crippen molar-refractivity contribution >= 4 is 17.3 Å². The lowest BCUT2D eigenvalue weighted by molar-refractivity contribution is 0.279. The van der Waals surface area contributed by atoms with Crippen LogP contribution in [0, 0.1) is 0 Å². The first kappa shape index (κ1) is 11.7. The molecule has 88 valence electrons. The maximum Gasteiger partial charge on any atom is 0.0426 e. The molecule has 2 rings (SSSR count). The fraction of sp³-hybridized carbons (Fsp3) is 0.538. The first-order valence-corrected chi connectivity index (χ1v) is 6.37. The third-order valence-corrected chi connectivity index (χ3v) is 3.48. The second kappa shape index (κ2) is 5.55. The van der Waals surface area contributed by atoms with E-state index in [4.69, 9.17) is 11.6 Å². The predicted octanol–water partition coefficient (Wildman–Crippen LogP) is 3.24. The van der Waals surface area contributed by atoms with E-state index in [2.05, 4.69) is 23.2 Å². The van der Waals surface area contributed by atoms with Crippen LogP contribution in [0.2, 0.25) is 5.02 Å². The van der Waals surface area contributed by atoms with Crippen molar-refractivity contribution < 1.29 is 0 Å². The van der Waals surface area contributed by atoms with E-state index in [0.717, 1.165) is 29.8 Å². The number of benzene rings is 1. The van der Waals surface area contributed by atoms with Crippen LogP contribution in [-0.2, 0) is 0 Å². The van der Waals surface area contributed by atoms with Gasteiger partial charge in [-0.1, -0.05) is 17.7 Å². The summed E-state index contributed by atoms with van der Waals surface area (Å²) in [6, 6.07) is 8.65. The lowest BCUT2D eigenvalue weighted by atomic mass is 10.2. The van der Waals surface area contributed by atoms with Crippen LogP contribution in [0.1, 0.15) is 19.8 Å². The Morgan fingerprint density at radius 3 is 3.06 bits per heavy atom. The first-order chi connectivity index (χ1) is 7.75. The van der Waals surface area contributed by atoms with Crippen molar-refractivity contribution in [3.05, 3.63) is 29.3 Å². The quantitative estimate of drug-likeness (QED) is 0.867. The summed E-state index contributed by atoms with van der Waals surface area (Å²) in [5.74, 6) is 0. The largest absolute Gasteiger partial charge is 0.384 e. The van der Waals surface area contributed by atoms with Crippen molar-refractivity contribution in [2.75, 3.05) is 25.0 Å². The van der Waals surface area contributed by atoms with Crippen molar-refractivity contribution in [3.63, 3.8) is 0 Å². The van der Waals surface area contributed by atoms with Crippen molar-refractivity contribution in [3.8, 4) is 0 Å². The summed E-state index contributed by atoms with van der Waals surface area (Å²) in [4.78, 5) is 2.54. The molecule has 2 nitrogen and oxygen atoms in total. The van der Waals surface area contributed by atoms with Gasteiger partial charge in [-0.25, -0.2) is 0 Å². The molecule has 1 aromatic carbocycles. The SMILES string of the molecule is CC1CCCN1CCNc1cccc(Cl)c1. The van der Waals surface area contributed by atoms with Gasteiger partial charge in [-0.15, -0.1) is 0 Å². The molecule has 1 atom stereocenters. The minimum Gasteiger partial charge on any atom is -0.384 e. The molecule has 0 aromatic heterocycles. The van der Waals surface area contributed by atoms with Crippen LogP contribution in [0.4, 0.5) is 5.69 Å². The average Bonchev–Trinajstić information content (AvgIpc) is 2.65. The van der Waals surface area contributed by atoms with Gasteiger partial charge >= 0.3 is 0 Å². The topological polar surface area (TPSA) is 15.3 Å². The highest BCUT2D eigenvalue weighted by atomic mass is 35.5. The molecule has 0 radical (unpaired) electrons. The minimum atomic E-state index is 0.751. The lowest BCUT2D eigenvalue weighted by Gasteiger charge is -2.21. The molecule has 0 spiro atoms. The Morgan fingerprint density at radius 1 is 1.50 bits per heavy atom. The second-order valence-electron chi connectivity index (χ2n) is 4.46. The molecule has 1 aromatic rings. The molecule has 3 heteroatoms. The lowest BCUT2D eigenvalue weighted by Crippen LogP contribution is -2.31. The zero-order chi connectivity index (χ0) is 11.4. The molecule has 1 saturated heterocycles. The molecule has 1 aliphatic heterocycles. The van der Waals surface area contributed by atoms with E-state index >= 15 is 0 Å². The van der Waals surface area contributed by atoms with Crippen LogP contribution in [0.25, 0.3) is 0 Å². The van der Waals surface area contributed by atoms with Crippen LogP contribution in [0.3, 0.4) is 0 Å². The number of likely N-dealkylation sites (tertiary alicyclic amines) is 1. The Balaban J connectivity index is 1.75. The Morgan fingerprint density at radius 2 is 2.38 bits per heavy atom. The fourth-order valence-electron chi connectivity index (χ4n) is 2.27. The van der Waals surface area contributed by atoms with Crippen LogP contribution in [-0.4, -0.2) is 30.6 Å². The monoisotopic (exact) mass is 238 g/mol. The van der Waals surface area contributed by atoms with Crippen molar-refractivity contribution in [1.29, 1.82) is 0 Å². The minimum absolute atomic E-state index is 0.751. The third kappa shape index (κ3) is 3.13. The highest BCUT2D eigenvalue weighted by Gasteiger charge is 2.18. The molecular formula is C13H19ClN2. The number of hydrogen-bond acceptors (Lipinski definition) is 2. The number of rotatable bonds is 4. The number of hydrogen-bond donors (Lipinski definition) is 1. The van der Waals surface area contributed by atoms with Gasteiger partial charge in [0.05, 0.1) is 0 Å². The summed E-state index contributed by atoms with van der Waals surface area (Å²) >= 11 is 5.92. The van der Waals surface area contributed by atoms with Gasteiger partial charge in [-0.05, 0) is 44.5 Å². The molecule has 0 saturated carbocycles. The van der Waals surface area contributed by atoms with Gasteiger partial charge in [0.1, 0.15) is 0 Å². The summed E-state index contributed by atoms with van der Waals surface area (Å²) in [6.07, 6.45) is 2.69. The predicted molar refractivity (Wildman–Crippen MR) is 70.2 cm³/mol. The van der Waals surface area contributed by atoms with Gasteiger partial charge in [-0.2, -0.15) is 0 Å². The van der Waals surface area contributed by atoms with Crippen LogP contribution < -0.4 is 5.32 Å². The van der Waals surface area contributed by atoms with E-state index in [1.807, 2.05) is 18.2 Å². The third-order valence-electron chi connectivity index (χ3n) is 3.24. The van der Waals surface area contributed by atoms with E-state index in [0.29, 0.717) is 0 Å². The molecular weight excluding hydrogens is 220 g/mol. The van der Waals surface area contributed by atoms with Gasteiger partial charge in [0.2, 0.25) is 0 Å². The fourth-order valence-corrected chi connectivity index (χ4v) is 2.46. The Kier molecular flexibility index (Phi) is 4.08. The summed E-state index contributed by atoms with van der Waals surface area (Å²) in [5.41, 5.74) is 1.11. The molecule has 1 fully saturated rings. The molecule has 1 aliphatic rings. The molecule has 0 bridgehead atoms. The Labute approximate surface area is 103 Å². The number of anilines is 1. The number of halogens is 1. The van der Waals surface area contributed by atoms with E-state index in [9.17, 15) is 0 Å². The zero-order valence-corrected chi connectivity index (χ0v) is 10.5. The molecule has 16 heavy (non-hydrogen) atoms. The number of nitrogens with zero attached hydrogens (tertiary/aromatic N) is 1. The molecule has 0 aliphatic carbocycles.